The summed E-state index contributed by atoms with van der Waals surface area (Å²) in [4.78, 5) is 4.76. The second kappa shape index (κ2) is 9.09. The zero-order chi connectivity index (χ0) is 30.6. The molecule has 0 aliphatic rings. The van der Waals surface area contributed by atoms with E-state index in [1.807, 2.05) is 24.3 Å². The van der Waals surface area contributed by atoms with Gasteiger partial charge in [-0.05, 0) is 80.8 Å². The van der Waals surface area contributed by atoms with Crippen LogP contribution < -0.4 is 0 Å². The number of fused-ring (bicyclic) bond motifs is 13. The Kier molecular flexibility index (Phi) is 4.81. The number of para-hydroxylation sites is 2. The average Bonchev–Trinajstić information content (AvgIpc) is 3.83. The number of furan rings is 1. The van der Waals surface area contributed by atoms with E-state index in [-0.39, 0.29) is 0 Å². The average molecular weight is 601 g/mol. The van der Waals surface area contributed by atoms with Crippen LogP contribution in [-0.2, 0) is 0 Å². The van der Waals surface area contributed by atoms with Gasteiger partial charge in [0.15, 0.2) is 11.2 Å². The van der Waals surface area contributed by atoms with Crippen LogP contribution in [-0.4, -0.2) is 9.55 Å². The van der Waals surface area contributed by atoms with Crippen molar-refractivity contribution in [3.63, 3.8) is 0 Å². The molecule has 3 aromatic heterocycles. The minimum atomic E-state index is 0.583. The molecule has 4 nitrogen and oxygen atoms in total. The smallest absolute Gasteiger partial charge is 0.227 e. The molecule has 0 aliphatic heterocycles. The van der Waals surface area contributed by atoms with E-state index >= 15 is 0 Å². The fourth-order valence-electron chi connectivity index (χ4n) is 7.71. The molecule has 11 aromatic rings. The van der Waals surface area contributed by atoms with E-state index in [0.717, 1.165) is 66.1 Å². The lowest BCUT2D eigenvalue weighted by molar-refractivity contribution is 0.619. The summed E-state index contributed by atoms with van der Waals surface area (Å²) in [6.45, 7) is 0. The van der Waals surface area contributed by atoms with Crippen LogP contribution >= 0.6 is 0 Å². The van der Waals surface area contributed by atoms with Crippen LogP contribution in [0.15, 0.2) is 154 Å². The van der Waals surface area contributed by atoms with Crippen molar-refractivity contribution in [1.82, 2.24) is 9.55 Å². The third-order valence-corrected chi connectivity index (χ3v) is 9.77. The highest BCUT2D eigenvalue weighted by atomic mass is 16.3. The first kappa shape index (κ1) is 24.9. The van der Waals surface area contributed by atoms with Crippen molar-refractivity contribution < 1.29 is 8.83 Å². The molecule has 3 heterocycles. The van der Waals surface area contributed by atoms with Gasteiger partial charge in [-0.3, -0.25) is 0 Å². The van der Waals surface area contributed by atoms with Gasteiger partial charge < -0.3 is 13.4 Å². The van der Waals surface area contributed by atoms with Gasteiger partial charge >= 0.3 is 0 Å². The molecule has 0 atom stereocenters. The standard InChI is InChI=1S/C43H24N2O2/c1-4-12-29-25(9-1)18-21-34-40(29)41-30-13-5-2-10-26(30)19-22-35(41)45(34)36-23-27-11-3-6-14-31(27)39-32-20-17-28(24-38(32)46-42(36)39)43-44-33-15-7-8-16-37(33)47-43/h1-24H. The van der Waals surface area contributed by atoms with Crippen molar-refractivity contribution in [3.8, 4) is 17.1 Å². The summed E-state index contributed by atoms with van der Waals surface area (Å²) in [5.41, 5.74) is 7.47. The highest BCUT2D eigenvalue weighted by molar-refractivity contribution is 6.29. The van der Waals surface area contributed by atoms with E-state index in [2.05, 4.69) is 126 Å². The molecule has 0 fully saturated rings. The van der Waals surface area contributed by atoms with Crippen LogP contribution in [0.4, 0.5) is 0 Å². The Morgan fingerprint density at radius 3 is 1.77 bits per heavy atom. The molecule has 0 saturated heterocycles. The minimum absolute atomic E-state index is 0.583. The minimum Gasteiger partial charge on any atom is -0.454 e. The van der Waals surface area contributed by atoms with Crippen LogP contribution in [0.5, 0.6) is 0 Å². The molecule has 0 spiro atoms. The number of benzene rings is 8. The fraction of sp³-hybridized carbons (Fsp3) is 0. The molecule has 0 amide bonds. The van der Waals surface area contributed by atoms with Crippen LogP contribution in [0.25, 0.3) is 104 Å². The van der Waals surface area contributed by atoms with Crippen molar-refractivity contribution in [1.29, 1.82) is 0 Å². The predicted octanol–water partition coefficient (Wildman–Crippen LogP) is 12.0. The van der Waals surface area contributed by atoms with E-state index in [1.54, 1.807) is 0 Å². The lowest BCUT2D eigenvalue weighted by Crippen LogP contribution is -1.95. The first-order valence-electron chi connectivity index (χ1n) is 15.9. The summed E-state index contributed by atoms with van der Waals surface area (Å²) in [5.74, 6) is 0.583. The fourth-order valence-corrected chi connectivity index (χ4v) is 7.71. The maximum absolute atomic E-state index is 6.93. The lowest BCUT2D eigenvalue weighted by Gasteiger charge is -2.11. The van der Waals surface area contributed by atoms with E-state index in [4.69, 9.17) is 13.8 Å². The number of nitrogens with zero attached hydrogens (tertiary/aromatic N) is 2. The van der Waals surface area contributed by atoms with Gasteiger partial charge in [-0.2, -0.15) is 0 Å². The van der Waals surface area contributed by atoms with Gasteiger partial charge in [0.05, 0.1) is 16.7 Å². The van der Waals surface area contributed by atoms with Gasteiger partial charge in [0.2, 0.25) is 5.89 Å². The Morgan fingerprint density at radius 2 is 1.06 bits per heavy atom. The molecule has 0 radical (unpaired) electrons. The van der Waals surface area contributed by atoms with Crippen molar-refractivity contribution >= 4 is 87.2 Å². The van der Waals surface area contributed by atoms with Gasteiger partial charge in [0.25, 0.3) is 0 Å². The number of hydrogen-bond donors (Lipinski definition) is 0. The van der Waals surface area contributed by atoms with Gasteiger partial charge in [0.1, 0.15) is 11.1 Å². The quantitative estimate of drug-likeness (QED) is 0.198. The molecule has 8 aromatic carbocycles. The van der Waals surface area contributed by atoms with Crippen LogP contribution in [0, 0.1) is 0 Å². The van der Waals surface area contributed by atoms with Crippen LogP contribution in [0.2, 0.25) is 0 Å². The van der Waals surface area contributed by atoms with Crippen LogP contribution in [0.1, 0.15) is 0 Å². The van der Waals surface area contributed by atoms with Gasteiger partial charge in [-0.1, -0.05) is 97.1 Å². The van der Waals surface area contributed by atoms with Gasteiger partial charge in [-0.25, -0.2) is 4.98 Å². The second-order valence-corrected chi connectivity index (χ2v) is 12.3. The molecule has 0 aliphatic carbocycles. The maximum Gasteiger partial charge on any atom is 0.227 e. The van der Waals surface area contributed by atoms with Crippen molar-refractivity contribution in [3.05, 3.63) is 146 Å². The summed E-state index contributed by atoms with van der Waals surface area (Å²) < 4.78 is 15.5. The van der Waals surface area contributed by atoms with Crippen molar-refractivity contribution in [2.24, 2.45) is 0 Å². The predicted molar refractivity (Wildman–Crippen MR) is 194 cm³/mol. The zero-order valence-electron chi connectivity index (χ0n) is 25.1. The Morgan fingerprint density at radius 1 is 0.447 bits per heavy atom. The first-order valence-corrected chi connectivity index (χ1v) is 15.9. The van der Waals surface area contributed by atoms with E-state index in [0.29, 0.717) is 5.89 Å². The Bertz CT molecular complexity index is 2960. The second-order valence-electron chi connectivity index (χ2n) is 12.3. The SMILES string of the molecule is c1ccc2c(c1)cc(-n1c3ccc4ccccc4c3c3c4ccccc4ccc31)c1oc3cc(-c4nc5ccccc5o4)ccc3c12. The van der Waals surface area contributed by atoms with Crippen molar-refractivity contribution in [2.75, 3.05) is 0 Å². The summed E-state index contributed by atoms with van der Waals surface area (Å²) >= 11 is 0. The van der Waals surface area contributed by atoms with E-state index < -0.39 is 0 Å². The molecule has 0 saturated carbocycles. The molecule has 0 N–H and O–H groups in total. The normalized spacial score (nSPS) is 12.3. The third kappa shape index (κ3) is 3.39. The molecule has 218 valence electrons. The summed E-state index contributed by atoms with van der Waals surface area (Å²) in [7, 11) is 0. The van der Waals surface area contributed by atoms with Gasteiger partial charge in [-0.15, -0.1) is 0 Å². The third-order valence-electron chi connectivity index (χ3n) is 9.77. The van der Waals surface area contributed by atoms with Crippen molar-refractivity contribution in [2.45, 2.75) is 0 Å². The molecule has 0 bridgehead atoms. The molecule has 0 unspecified atom stereocenters. The summed E-state index contributed by atoms with van der Waals surface area (Å²) in [6, 6.07) is 51.4. The summed E-state index contributed by atoms with van der Waals surface area (Å²) in [5, 5.41) is 12.0. The van der Waals surface area contributed by atoms with Gasteiger partial charge in [0, 0.05) is 27.1 Å². The number of oxazole rings is 1. The number of rotatable bonds is 2. The summed E-state index contributed by atoms with van der Waals surface area (Å²) in [6.07, 6.45) is 0. The lowest BCUT2D eigenvalue weighted by atomic mass is 10.00. The molecule has 11 rings (SSSR count). The molecule has 47 heavy (non-hydrogen) atoms. The highest BCUT2D eigenvalue weighted by Crippen LogP contribution is 2.45. The number of hydrogen-bond acceptors (Lipinski definition) is 3. The zero-order valence-corrected chi connectivity index (χ0v) is 25.1. The van der Waals surface area contributed by atoms with E-state index in [1.165, 1.54) is 32.3 Å². The van der Waals surface area contributed by atoms with Crippen LogP contribution in [0.3, 0.4) is 0 Å². The monoisotopic (exact) mass is 600 g/mol. The number of aromatic nitrogens is 2. The molecule has 4 heteroatoms. The first-order chi connectivity index (χ1) is 23.3. The van der Waals surface area contributed by atoms with E-state index in [9.17, 15) is 0 Å². The molecular weight excluding hydrogens is 576 g/mol. The maximum atomic E-state index is 6.93. The largest absolute Gasteiger partial charge is 0.454 e. The topological polar surface area (TPSA) is 44.1 Å². The highest BCUT2D eigenvalue weighted by Gasteiger charge is 2.22. The molecular formula is C43H24N2O2. The Balaban J connectivity index is 1.29. The Hall–Kier alpha value is -6.39. The Labute approximate surface area is 267 Å².